The Morgan fingerprint density at radius 2 is 1.72 bits per heavy atom. The third kappa shape index (κ3) is 5.35. The molecule has 1 aliphatic rings. The van der Waals surface area contributed by atoms with E-state index in [0.717, 1.165) is 6.07 Å². The molecule has 1 aromatic heterocycles. The van der Waals surface area contributed by atoms with Gasteiger partial charge in [0, 0.05) is 30.9 Å². The minimum absolute atomic E-state index is 0.0741. The van der Waals surface area contributed by atoms with Crippen molar-refractivity contribution in [2.75, 3.05) is 50.7 Å². The van der Waals surface area contributed by atoms with Gasteiger partial charge in [-0.3, -0.25) is 10.1 Å². The highest BCUT2D eigenvalue weighted by molar-refractivity contribution is 5.71. The second-order valence-corrected chi connectivity index (χ2v) is 7.60. The van der Waals surface area contributed by atoms with E-state index in [4.69, 9.17) is 18.9 Å². The van der Waals surface area contributed by atoms with E-state index in [1.165, 1.54) is 32.7 Å². The van der Waals surface area contributed by atoms with Crippen molar-refractivity contribution in [1.29, 1.82) is 0 Å². The zero-order valence-electron chi connectivity index (χ0n) is 19.5. The Balaban J connectivity index is 1.47. The number of nitro benzene ring substituents is 1. The fourth-order valence-electron chi connectivity index (χ4n) is 3.59. The summed E-state index contributed by atoms with van der Waals surface area (Å²) in [5.41, 5.74) is 0.400. The van der Waals surface area contributed by atoms with Gasteiger partial charge in [-0.25, -0.2) is 18.7 Å². The predicted octanol–water partition coefficient (Wildman–Crippen LogP) is 3.84. The lowest BCUT2D eigenvalue weighted by molar-refractivity contribution is -0.383. The fraction of sp³-hybridized carbons (Fsp3) is 0.304. The SMILES string of the molecule is COc1cc(OC)c(F)c(COc2cnc(Nc3ccc(N4CCOCC4)cc3[N+](=O)[O-])nc2)c1F. The van der Waals surface area contributed by atoms with Gasteiger partial charge < -0.3 is 29.2 Å². The van der Waals surface area contributed by atoms with Crippen molar-refractivity contribution in [3.8, 4) is 17.2 Å². The van der Waals surface area contributed by atoms with Gasteiger partial charge in [-0.2, -0.15) is 0 Å². The second-order valence-electron chi connectivity index (χ2n) is 7.60. The molecule has 1 aliphatic heterocycles. The van der Waals surface area contributed by atoms with Crippen LogP contribution in [-0.4, -0.2) is 55.4 Å². The zero-order valence-corrected chi connectivity index (χ0v) is 19.5. The maximum atomic E-state index is 14.5. The van der Waals surface area contributed by atoms with Gasteiger partial charge in [-0.1, -0.05) is 0 Å². The van der Waals surface area contributed by atoms with Crippen LogP contribution in [-0.2, 0) is 11.3 Å². The number of nitrogens with one attached hydrogen (secondary N) is 1. The number of rotatable bonds is 9. The van der Waals surface area contributed by atoms with Crippen LogP contribution in [0.15, 0.2) is 36.7 Å². The van der Waals surface area contributed by atoms with E-state index in [0.29, 0.717) is 32.0 Å². The number of hydrogen-bond acceptors (Lipinski definition) is 10. The molecular weight excluding hydrogens is 480 g/mol. The number of morpholine rings is 1. The molecule has 1 N–H and O–H groups in total. The number of ether oxygens (including phenoxy) is 4. The first-order valence-electron chi connectivity index (χ1n) is 10.8. The zero-order chi connectivity index (χ0) is 25.7. The molecule has 36 heavy (non-hydrogen) atoms. The number of nitrogens with zero attached hydrogens (tertiary/aromatic N) is 4. The fourth-order valence-corrected chi connectivity index (χ4v) is 3.59. The first-order chi connectivity index (χ1) is 17.4. The molecular formula is C23H23F2N5O6. The standard InChI is InChI=1S/C23H23F2N5O6/c1-33-19-10-20(34-2)22(25)16(21(19)24)13-36-15-11-26-23(27-12-15)28-17-4-3-14(9-18(17)30(31)32)29-5-7-35-8-6-29/h3-4,9-12H,5-8,13H2,1-2H3,(H,26,27,28). The molecule has 1 saturated heterocycles. The molecule has 2 heterocycles. The summed E-state index contributed by atoms with van der Waals surface area (Å²) in [7, 11) is 2.50. The van der Waals surface area contributed by atoms with Crippen molar-refractivity contribution < 1.29 is 32.7 Å². The maximum absolute atomic E-state index is 14.5. The van der Waals surface area contributed by atoms with E-state index in [-0.39, 0.29) is 40.1 Å². The van der Waals surface area contributed by atoms with Crippen molar-refractivity contribution in [3.63, 3.8) is 0 Å². The molecule has 0 aliphatic carbocycles. The van der Waals surface area contributed by atoms with E-state index < -0.39 is 23.2 Å². The molecule has 3 aromatic rings. The molecule has 190 valence electrons. The molecule has 4 rings (SSSR count). The first kappa shape index (κ1) is 24.9. The number of hydrogen-bond donors (Lipinski definition) is 1. The Morgan fingerprint density at radius 3 is 2.31 bits per heavy atom. The monoisotopic (exact) mass is 503 g/mol. The van der Waals surface area contributed by atoms with Crippen LogP contribution in [0.25, 0.3) is 0 Å². The van der Waals surface area contributed by atoms with Gasteiger partial charge in [0.1, 0.15) is 12.3 Å². The third-order valence-electron chi connectivity index (χ3n) is 5.48. The van der Waals surface area contributed by atoms with Gasteiger partial charge in [-0.15, -0.1) is 0 Å². The number of nitro groups is 1. The van der Waals surface area contributed by atoms with Crippen LogP contribution in [0, 0.1) is 21.7 Å². The molecule has 0 spiro atoms. The van der Waals surface area contributed by atoms with E-state index >= 15 is 0 Å². The number of halogens is 2. The summed E-state index contributed by atoms with van der Waals surface area (Å²) in [5.74, 6) is -2.01. The molecule has 0 radical (unpaired) electrons. The molecule has 0 atom stereocenters. The number of methoxy groups -OCH3 is 2. The highest BCUT2D eigenvalue weighted by atomic mass is 19.1. The van der Waals surface area contributed by atoms with Crippen molar-refractivity contribution in [2.45, 2.75) is 6.61 Å². The lowest BCUT2D eigenvalue weighted by Gasteiger charge is -2.28. The van der Waals surface area contributed by atoms with Gasteiger partial charge in [0.05, 0.1) is 50.3 Å². The van der Waals surface area contributed by atoms with E-state index in [2.05, 4.69) is 15.3 Å². The Hall–Kier alpha value is -4.26. The number of benzene rings is 2. The van der Waals surface area contributed by atoms with Crippen LogP contribution in [0.5, 0.6) is 17.2 Å². The van der Waals surface area contributed by atoms with Crippen LogP contribution >= 0.6 is 0 Å². The van der Waals surface area contributed by atoms with Crippen LogP contribution in [0.3, 0.4) is 0 Å². The van der Waals surface area contributed by atoms with Crippen LogP contribution < -0.4 is 24.4 Å². The summed E-state index contributed by atoms with van der Waals surface area (Å²) in [6.07, 6.45) is 2.55. The molecule has 11 nitrogen and oxygen atoms in total. The second kappa shape index (κ2) is 11.0. The normalized spacial score (nSPS) is 13.3. The molecule has 13 heteroatoms. The summed E-state index contributed by atoms with van der Waals surface area (Å²) in [6.45, 7) is 1.92. The smallest absolute Gasteiger partial charge is 0.294 e. The topological polar surface area (TPSA) is 121 Å². The van der Waals surface area contributed by atoms with Gasteiger partial charge in [0.15, 0.2) is 28.9 Å². The van der Waals surface area contributed by atoms with Crippen molar-refractivity contribution in [1.82, 2.24) is 9.97 Å². The molecule has 1 fully saturated rings. The minimum atomic E-state index is -0.914. The summed E-state index contributed by atoms with van der Waals surface area (Å²) < 4.78 is 49.6. The Kier molecular flexibility index (Phi) is 7.59. The lowest BCUT2D eigenvalue weighted by atomic mass is 10.1. The van der Waals surface area contributed by atoms with Gasteiger partial charge in [0.25, 0.3) is 5.69 Å². The molecule has 2 aromatic carbocycles. The summed E-state index contributed by atoms with van der Waals surface area (Å²) in [6, 6.07) is 5.93. The molecule has 0 bridgehead atoms. The predicted molar refractivity (Wildman–Crippen MR) is 125 cm³/mol. The van der Waals surface area contributed by atoms with Crippen LogP contribution in [0.1, 0.15) is 5.56 Å². The van der Waals surface area contributed by atoms with E-state index in [1.807, 2.05) is 4.90 Å². The average Bonchev–Trinajstić information content (AvgIpc) is 2.90. The van der Waals surface area contributed by atoms with Gasteiger partial charge in [-0.05, 0) is 12.1 Å². The first-order valence-corrected chi connectivity index (χ1v) is 10.8. The average molecular weight is 503 g/mol. The quantitative estimate of drug-likeness (QED) is 0.341. The Morgan fingerprint density at radius 1 is 1.08 bits per heavy atom. The Labute approximate surface area is 204 Å². The largest absolute Gasteiger partial charge is 0.494 e. The highest BCUT2D eigenvalue weighted by Crippen LogP contribution is 2.33. The lowest BCUT2D eigenvalue weighted by Crippen LogP contribution is -2.36. The van der Waals surface area contributed by atoms with Crippen LogP contribution in [0.4, 0.5) is 31.8 Å². The summed E-state index contributed by atoms with van der Waals surface area (Å²) in [4.78, 5) is 21.3. The van der Waals surface area contributed by atoms with Gasteiger partial charge in [0.2, 0.25) is 5.95 Å². The number of anilines is 3. The summed E-state index contributed by atoms with van der Waals surface area (Å²) >= 11 is 0. The summed E-state index contributed by atoms with van der Waals surface area (Å²) in [5, 5.41) is 14.5. The Bertz CT molecular complexity index is 1210. The third-order valence-corrected chi connectivity index (χ3v) is 5.48. The molecule has 0 saturated carbocycles. The van der Waals surface area contributed by atoms with Crippen molar-refractivity contribution in [3.05, 3.63) is 64.0 Å². The minimum Gasteiger partial charge on any atom is -0.494 e. The van der Waals surface area contributed by atoms with Gasteiger partial charge >= 0.3 is 0 Å². The number of aromatic nitrogens is 2. The van der Waals surface area contributed by atoms with Crippen molar-refractivity contribution >= 4 is 23.0 Å². The molecule has 0 unspecified atom stereocenters. The maximum Gasteiger partial charge on any atom is 0.294 e. The van der Waals surface area contributed by atoms with Crippen LogP contribution in [0.2, 0.25) is 0 Å². The van der Waals surface area contributed by atoms with Crippen molar-refractivity contribution in [2.24, 2.45) is 0 Å². The molecule has 0 amide bonds. The van der Waals surface area contributed by atoms with E-state index in [1.54, 1.807) is 12.1 Å². The van der Waals surface area contributed by atoms with E-state index in [9.17, 15) is 18.9 Å². The highest BCUT2D eigenvalue weighted by Gasteiger charge is 2.22.